The van der Waals surface area contributed by atoms with E-state index >= 15 is 0 Å². The van der Waals surface area contributed by atoms with Crippen LogP contribution in [0.2, 0.25) is 0 Å². The largest absolute Gasteiger partial charge is 0.493 e. The molecule has 0 bridgehead atoms. The third-order valence-corrected chi connectivity index (χ3v) is 5.82. The number of ether oxygens (including phenoxy) is 1. The Morgan fingerprint density at radius 1 is 1.19 bits per heavy atom. The third-order valence-electron chi connectivity index (χ3n) is 4.45. The van der Waals surface area contributed by atoms with Crippen LogP contribution in [0.25, 0.3) is 0 Å². The summed E-state index contributed by atoms with van der Waals surface area (Å²) in [5, 5.41) is 6.88. The highest BCUT2D eigenvalue weighted by molar-refractivity contribution is 7.90. The van der Waals surface area contributed by atoms with Crippen molar-refractivity contribution in [3.8, 4) is 5.75 Å². The fourth-order valence-corrected chi connectivity index (χ4v) is 4.08. The van der Waals surface area contributed by atoms with Crippen LogP contribution in [0.15, 0.2) is 23.1 Å². The smallest absolute Gasteiger partial charge is 0.269 e. The molecule has 2 rings (SSSR count). The minimum Gasteiger partial charge on any atom is -0.493 e. The van der Waals surface area contributed by atoms with Gasteiger partial charge in [0.2, 0.25) is 5.91 Å². The second-order valence-electron chi connectivity index (χ2n) is 6.84. The second-order valence-corrected chi connectivity index (χ2v) is 8.52. The number of hydrogen-bond acceptors (Lipinski definition) is 7. The number of rotatable bonds is 10. The van der Waals surface area contributed by atoms with Crippen LogP contribution < -0.4 is 20.5 Å². The van der Waals surface area contributed by atoms with Crippen molar-refractivity contribution < 1.29 is 27.5 Å². The average Bonchev–Trinajstić information content (AvgIpc) is 3.02. The number of primary amides is 1. The van der Waals surface area contributed by atoms with Gasteiger partial charge in [-0.3, -0.25) is 19.1 Å². The van der Waals surface area contributed by atoms with Crippen molar-refractivity contribution in [2.75, 3.05) is 11.9 Å². The lowest BCUT2D eigenvalue weighted by Crippen LogP contribution is -2.30. The number of nitrogens with zero attached hydrogens (tertiary/aromatic N) is 2. The number of anilines is 1. The van der Waals surface area contributed by atoms with Gasteiger partial charge in [-0.25, -0.2) is 13.1 Å². The monoisotopic (exact) mass is 465 g/mol. The van der Waals surface area contributed by atoms with Gasteiger partial charge in [-0.05, 0) is 31.5 Å². The fraction of sp³-hybridized carbons (Fsp3) is 0.400. The van der Waals surface area contributed by atoms with Gasteiger partial charge in [0.25, 0.3) is 21.8 Å². The number of aryl methyl sites for hydroxylation is 2. The van der Waals surface area contributed by atoms with Gasteiger partial charge in [-0.15, -0.1) is 0 Å². The van der Waals surface area contributed by atoms with Crippen molar-refractivity contribution >= 4 is 33.4 Å². The second kappa shape index (κ2) is 10.3. The number of nitrogens with one attached hydrogen (secondary N) is 2. The maximum atomic E-state index is 13.1. The first-order chi connectivity index (χ1) is 15.0. The van der Waals surface area contributed by atoms with Gasteiger partial charge < -0.3 is 15.8 Å². The number of carbonyl (C=O) groups excluding carboxylic acids is 3. The fourth-order valence-electron chi connectivity index (χ4n) is 3.00. The summed E-state index contributed by atoms with van der Waals surface area (Å²) in [6, 6.07) is 3.66. The van der Waals surface area contributed by atoms with Gasteiger partial charge in [0.1, 0.15) is 11.4 Å². The molecule has 0 radical (unpaired) electrons. The zero-order valence-corrected chi connectivity index (χ0v) is 19.2. The Bertz CT molecular complexity index is 1140. The summed E-state index contributed by atoms with van der Waals surface area (Å²) in [6.45, 7) is 5.36. The van der Waals surface area contributed by atoms with E-state index in [4.69, 9.17) is 10.5 Å². The lowest BCUT2D eigenvalue weighted by atomic mass is 10.1. The molecule has 32 heavy (non-hydrogen) atoms. The summed E-state index contributed by atoms with van der Waals surface area (Å²) in [5.74, 6) is -2.05. The summed E-state index contributed by atoms with van der Waals surface area (Å²) in [4.78, 5) is 36.4. The van der Waals surface area contributed by atoms with Gasteiger partial charge in [-0.2, -0.15) is 5.10 Å². The quantitative estimate of drug-likeness (QED) is 0.477. The van der Waals surface area contributed by atoms with Gasteiger partial charge >= 0.3 is 0 Å². The van der Waals surface area contributed by atoms with Gasteiger partial charge in [0.05, 0.1) is 28.4 Å². The lowest BCUT2D eigenvalue weighted by molar-refractivity contribution is -0.119. The molecule has 12 heteroatoms. The summed E-state index contributed by atoms with van der Waals surface area (Å²) in [5.41, 5.74) is 6.00. The topological polar surface area (TPSA) is 162 Å². The molecule has 11 nitrogen and oxygen atoms in total. The van der Waals surface area contributed by atoms with Crippen LogP contribution in [-0.2, 0) is 28.3 Å². The molecule has 1 aromatic carbocycles. The normalized spacial score (nSPS) is 11.1. The van der Waals surface area contributed by atoms with Crippen molar-refractivity contribution in [1.29, 1.82) is 0 Å². The highest BCUT2D eigenvalue weighted by atomic mass is 32.2. The van der Waals surface area contributed by atoms with Crippen LogP contribution >= 0.6 is 0 Å². The van der Waals surface area contributed by atoms with Gasteiger partial charge in [0.15, 0.2) is 0 Å². The van der Waals surface area contributed by atoms with Crippen LogP contribution in [-0.4, -0.2) is 42.5 Å². The molecule has 0 unspecified atom stereocenters. The Labute approximate surface area is 186 Å². The molecule has 1 heterocycles. The molecule has 0 aliphatic heterocycles. The number of sulfonamides is 1. The standard InChI is InChI=1S/C20H27N5O6S/c1-5-8-14-17(18(19(21)27)25(4)23-14)22-20(28)13-11-12(9-10-15(13)31-7-3)32(29,30)24-16(26)6-2/h9-11H,5-8H2,1-4H3,(H2,21,27)(H,22,28)(H,24,26). The van der Waals surface area contributed by atoms with E-state index in [0.717, 1.165) is 6.07 Å². The van der Waals surface area contributed by atoms with Crippen LogP contribution in [0.3, 0.4) is 0 Å². The van der Waals surface area contributed by atoms with E-state index in [1.54, 1.807) is 6.92 Å². The van der Waals surface area contributed by atoms with E-state index in [1.807, 2.05) is 11.6 Å². The molecule has 0 saturated carbocycles. The van der Waals surface area contributed by atoms with Crippen molar-refractivity contribution in [1.82, 2.24) is 14.5 Å². The Balaban J connectivity index is 2.54. The van der Waals surface area contributed by atoms with Crippen molar-refractivity contribution in [2.24, 2.45) is 12.8 Å². The number of nitrogens with two attached hydrogens (primary N) is 1. The number of carbonyl (C=O) groups is 3. The molecule has 0 aliphatic rings. The number of hydrogen-bond donors (Lipinski definition) is 3. The predicted molar refractivity (Wildman–Crippen MR) is 117 cm³/mol. The maximum Gasteiger partial charge on any atom is 0.269 e. The summed E-state index contributed by atoms with van der Waals surface area (Å²) in [7, 11) is -2.66. The first-order valence-electron chi connectivity index (χ1n) is 10.0. The van der Waals surface area contributed by atoms with E-state index in [2.05, 4.69) is 10.4 Å². The first-order valence-corrected chi connectivity index (χ1v) is 11.5. The Morgan fingerprint density at radius 3 is 2.44 bits per heavy atom. The van der Waals surface area contributed by atoms with Crippen LogP contribution in [0.5, 0.6) is 5.75 Å². The summed E-state index contributed by atoms with van der Waals surface area (Å²) < 4.78 is 33.7. The molecule has 0 saturated heterocycles. The highest BCUT2D eigenvalue weighted by Gasteiger charge is 2.25. The zero-order chi connectivity index (χ0) is 24.1. The lowest BCUT2D eigenvalue weighted by Gasteiger charge is -2.14. The van der Waals surface area contributed by atoms with Crippen molar-refractivity contribution in [2.45, 2.75) is 44.9 Å². The van der Waals surface area contributed by atoms with Crippen molar-refractivity contribution in [3.63, 3.8) is 0 Å². The van der Waals surface area contributed by atoms with Crippen LogP contribution in [0, 0.1) is 0 Å². The van der Waals surface area contributed by atoms with E-state index in [-0.39, 0.29) is 40.6 Å². The molecule has 0 atom stereocenters. The Morgan fingerprint density at radius 2 is 1.88 bits per heavy atom. The highest BCUT2D eigenvalue weighted by Crippen LogP contribution is 2.27. The summed E-state index contributed by atoms with van der Waals surface area (Å²) >= 11 is 0. The molecule has 2 aromatic rings. The average molecular weight is 466 g/mol. The molecule has 4 N–H and O–H groups in total. The van der Waals surface area contributed by atoms with E-state index < -0.39 is 27.7 Å². The molecule has 3 amide bonds. The predicted octanol–water partition coefficient (Wildman–Crippen LogP) is 1.34. The minimum atomic E-state index is -4.19. The molecular weight excluding hydrogens is 438 g/mol. The molecule has 0 spiro atoms. The van der Waals surface area contributed by atoms with E-state index in [9.17, 15) is 22.8 Å². The molecular formula is C20H27N5O6S. The maximum absolute atomic E-state index is 13.1. The number of benzene rings is 1. The molecule has 1 aromatic heterocycles. The van der Waals surface area contributed by atoms with Gasteiger partial charge in [-0.1, -0.05) is 20.3 Å². The van der Waals surface area contributed by atoms with Gasteiger partial charge in [0, 0.05) is 13.5 Å². The van der Waals surface area contributed by atoms with Crippen LogP contribution in [0.1, 0.15) is 60.2 Å². The molecule has 0 aliphatic carbocycles. The number of amides is 3. The van der Waals surface area contributed by atoms with E-state index in [1.165, 1.54) is 30.8 Å². The Kier molecular flexibility index (Phi) is 7.97. The van der Waals surface area contributed by atoms with E-state index in [0.29, 0.717) is 18.5 Å². The third kappa shape index (κ3) is 5.44. The molecule has 174 valence electrons. The van der Waals surface area contributed by atoms with Crippen LogP contribution in [0.4, 0.5) is 5.69 Å². The first kappa shape index (κ1) is 24.9. The SMILES string of the molecule is CCCc1nn(C)c(C(N)=O)c1NC(=O)c1cc(S(=O)(=O)NC(=O)CC)ccc1OCC. The minimum absolute atomic E-state index is 0.0127. The summed E-state index contributed by atoms with van der Waals surface area (Å²) in [6.07, 6.45) is 1.15. The Hall–Kier alpha value is -3.41. The molecule has 0 fully saturated rings. The zero-order valence-electron chi connectivity index (χ0n) is 18.4. The van der Waals surface area contributed by atoms with Crippen molar-refractivity contribution in [3.05, 3.63) is 35.2 Å². The number of aromatic nitrogens is 2.